The molecule has 1 amide bonds. The molecule has 7 heteroatoms. The molecule has 20 heavy (non-hydrogen) atoms. The van der Waals surface area contributed by atoms with Gasteiger partial charge in [-0.15, -0.1) is 0 Å². The number of rotatable bonds is 5. The molecule has 0 aliphatic rings. The number of carboxylic acids is 1. The molecule has 0 saturated heterocycles. The maximum absolute atomic E-state index is 13.4. The number of carbonyl (C=O) groups is 2. The molecule has 0 aliphatic heterocycles. The molecule has 0 radical (unpaired) electrons. The van der Waals surface area contributed by atoms with E-state index >= 15 is 0 Å². The van der Waals surface area contributed by atoms with E-state index < -0.39 is 40.8 Å². The molecule has 1 rings (SSSR count). The van der Waals surface area contributed by atoms with Gasteiger partial charge in [-0.05, 0) is 18.1 Å². The molecular formula is C13H14F3NO3. The first-order valence-corrected chi connectivity index (χ1v) is 5.90. The number of halogens is 3. The van der Waals surface area contributed by atoms with Crippen LogP contribution >= 0.6 is 0 Å². The Kier molecular flexibility index (Phi) is 5.12. The van der Waals surface area contributed by atoms with Crippen LogP contribution in [0.2, 0.25) is 0 Å². The van der Waals surface area contributed by atoms with Gasteiger partial charge in [-0.3, -0.25) is 9.59 Å². The summed E-state index contributed by atoms with van der Waals surface area (Å²) in [5.41, 5.74) is -0.670. The van der Waals surface area contributed by atoms with E-state index in [4.69, 9.17) is 5.11 Å². The third-order valence-corrected chi connectivity index (χ3v) is 2.88. The molecule has 0 aliphatic carbocycles. The average molecular weight is 289 g/mol. The number of hydrogen-bond acceptors (Lipinski definition) is 2. The second-order valence-electron chi connectivity index (χ2n) is 4.62. The van der Waals surface area contributed by atoms with Gasteiger partial charge in [0.15, 0.2) is 17.5 Å². The van der Waals surface area contributed by atoms with Crippen LogP contribution in [0.25, 0.3) is 0 Å². The lowest BCUT2D eigenvalue weighted by Crippen LogP contribution is -2.36. The number of benzene rings is 1. The lowest BCUT2D eigenvalue weighted by molar-refractivity contribution is -0.142. The highest BCUT2D eigenvalue weighted by atomic mass is 19.2. The minimum absolute atomic E-state index is 0.232. The fraction of sp³-hybridized carbons (Fsp3) is 0.385. The van der Waals surface area contributed by atoms with Crippen molar-refractivity contribution in [2.45, 2.75) is 13.8 Å². The van der Waals surface area contributed by atoms with Crippen molar-refractivity contribution in [3.05, 3.63) is 35.1 Å². The molecule has 0 aromatic heterocycles. The minimum atomic E-state index is -1.74. The van der Waals surface area contributed by atoms with Crippen LogP contribution in [-0.4, -0.2) is 23.5 Å². The largest absolute Gasteiger partial charge is 0.481 e. The van der Waals surface area contributed by atoms with Crippen LogP contribution in [0.5, 0.6) is 0 Å². The topological polar surface area (TPSA) is 66.4 Å². The SMILES string of the molecule is CC(C)C(CNC(=O)c1ccc(F)c(F)c1F)C(=O)O. The zero-order chi connectivity index (χ0) is 15.4. The van der Waals surface area contributed by atoms with Gasteiger partial charge in [0.05, 0.1) is 11.5 Å². The Morgan fingerprint density at radius 3 is 2.30 bits per heavy atom. The molecule has 1 unspecified atom stereocenters. The van der Waals surface area contributed by atoms with Gasteiger partial charge in [0.1, 0.15) is 0 Å². The van der Waals surface area contributed by atoms with E-state index in [0.717, 1.165) is 6.07 Å². The van der Waals surface area contributed by atoms with Crippen molar-refractivity contribution in [2.75, 3.05) is 6.54 Å². The molecular weight excluding hydrogens is 275 g/mol. The summed E-state index contributed by atoms with van der Waals surface area (Å²) in [5.74, 6) is -7.94. The number of aliphatic carboxylic acids is 1. The Hall–Kier alpha value is -2.05. The van der Waals surface area contributed by atoms with Gasteiger partial charge < -0.3 is 10.4 Å². The van der Waals surface area contributed by atoms with E-state index in [2.05, 4.69) is 5.32 Å². The highest BCUT2D eigenvalue weighted by molar-refractivity contribution is 5.94. The Morgan fingerprint density at radius 1 is 1.20 bits per heavy atom. The third-order valence-electron chi connectivity index (χ3n) is 2.88. The van der Waals surface area contributed by atoms with E-state index in [1.54, 1.807) is 13.8 Å². The van der Waals surface area contributed by atoms with Gasteiger partial charge in [0.2, 0.25) is 0 Å². The van der Waals surface area contributed by atoms with E-state index in [0.29, 0.717) is 6.07 Å². The molecule has 110 valence electrons. The van der Waals surface area contributed by atoms with Crippen molar-refractivity contribution in [1.82, 2.24) is 5.32 Å². The predicted octanol–water partition coefficient (Wildman–Crippen LogP) is 2.19. The van der Waals surface area contributed by atoms with Gasteiger partial charge in [-0.2, -0.15) is 0 Å². The smallest absolute Gasteiger partial charge is 0.308 e. The average Bonchev–Trinajstić information content (AvgIpc) is 2.35. The number of carboxylic acid groups (broad SMARTS) is 1. The van der Waals surface area contributed by atoms with Crippen molar-refractivity contribution in [1.29, 1.82) is 0 Å². The van der Waals surface area contributed by atoms with E-state index in [1.807, 2.05) is 0 Å². The van der Waals surface area contributed by atoms with Crippen LogP contribution in [-0.2, 0) is 4.79 Å². The van der Waals surface area contributed by atoms with Crippen molar-refractivity contribution >= 4 is 11.9 Å². The Morgan fingerprint density at radius 2 is 1.80 bits per heavy atom. The number of hydrogen-bond donors (Lipinski definition) is 2. The summed E-state index contributed by atoms with van der Waals surface area (Å²) < 4.78 is 39.1. The number of amides is 1. The normalized spacial score (nSPS) is 12.3. The molecule has 0 fully saturated rings. The van der Waals surface area contributed by atoms with E-state index in [-0.39, 0.29) is 12.5 Å². The zero-order valence-corrected chi connectivity index (χ0v) is 10.9. The van der Waals surface area contributed by atoms with Gasteiger partial charge in [0.25, 0.3) is 5.91 Å². The summed E-state index contributed by atoms with van der Waals surface area (Å²) >= 11 is 0. The fourth-order valence-corrected chi connectivity index (χ4v) is 1.61. The minimum Gasteiger partial charge on any atom is -0.481 e. The standard InChI is InChI=1S/C13H14F3NO3/c1-6(2)8(13(19)20)5-17-12(18)7-3-4-9(14)11(16)10(7)15/h3-4,6,8H,5H2,1-2H3,(H,17,18)(H,19,20). The lowest BCUT2D eigenvalue weighted by Gasteiger charge is -2.16. The predicted molar refractivity (Wildman–Crippen MR) is 64.6 cm³/mol. The summed E-state index contributed by atoms with van der Waals surface area (Å²) in [6.45, 7) is 3.08. The Labute approximate surface area is 113 Å². The molecule has 0 bridgehead atoms. The number of carbonyl (C=O) groups excluding carboxylic acids is 1. The highest BCUT2D eigenvalue weighted by Crippen LogP contribution is 2.15. The lowest BCUT2D eigenvalue weighted by atomic mass is 9.96. The Balaban J connectivity index is 2.82. The second-order valence-corrected chi connectivity index (χ2v) is 4.62. The molecule has 0 saturated carbocycles. The van der Waals surface area contributed by atoms with Crippen LogP contribution in [0.4, 0.5) is 13.2 Å². The molecule has 0 spiro atoms. The van der Waals surface area contributed by atoms with Crippen molar-refractivity contribution < 1.29 is 27.9 Å². The van der Waals surface area contributed by atoms with Gasteiger partial charge in [-0.1, -0.05) is 13.8 Å². The highest BCUT2D eigenvalue weighted by Gasteiger charge is 2.24. The van der Waals surface area contributed by atoms with Gasteiger partial charge in [-0.25, -0.2) is 13.2 Å². The Bertz CT molecular complexity index is 532. The van der Waals surface area contributed by atoms with Crippen LogP contribution in [0.15, 0.2) is 12.1 Å². The zero-order valence-electron chi connectivity index (χ0n) is 10.9. The number of nitrogens with one attached hydrogen (secondary N) is 1. The van der Waals surface area contributed by atoms with Crippen LogP contribution in [0.3, 0.4) is 0 Å². The van der Waals surface area contributed by atoms with E-state index in [1.165, 1.54) is 0 Å². The first kappa shape index (κ1) is 16.0. The summed E-state index contributed by atoms with van der Waals surface area (Å²) in [4.78, 5) is 22.6. The summed E-state index contributed by atoms with van der Waals surface area (Å²) in [5, 5.41) is 11.1. The van der Waals surface area contributed by atoms with Crippen molar-refractivity contribution in [3.63, 3.8) is 0 Å². The summed E-state index contributed by atoms with van der Waals surface area (Å²) in [6.07, 6.45) is 0. The first-order chi connectivity index (χ1) is 9.25. The van der Waals surface area contributed by atoms with Crippen LogP contribution in [0, 0.1) is 29.3 Å². The molecule has 1 atom stereocenters. The first-order valence-electron chi connectivity index (χ1n) is 5.90. The summed E-state index contributed by atoms with van der Waals surface area (Å²) in [6, 6.07) is 1.43. The second kappa shape index (κ2) is 6.40. The fourth-order valence-electron chi connectivity index (χ4n) is 1.61. The van der Waals surface area contributed by atoms with Crippen LogP contribution in [0.1, 0.15) is 24.2 Å². The molecule has 0 heterocycles. The quantitative estimate of drug-likeness (QED) is 0.817. The van der Waals surface area contributed by atoms with Crippen molar-refractivity contribution in [2.24, 2.45) is 11.8 Å². The molecule has 1 aromatic carbocycles. The molecule has 4 nitrogen and oxygen atoms in total. The monoisotopic (exact) mass is 289 g/mol. The third kappa shape index (κ3) is 3.49. The molecule has 2 N–H and O–H groups in total. The van der Waals surface area contributed by atoms with Crippen molar-refractivity contribution in [3.8, 4) is 0 Å². The van der Waals surface area contributed by atoms with Crippen LogP contribution < -0.4 is 5.32 Å². The van der Waals surface area contributed by atoms with E-state index in [9.17, 15) is 22.8 Å². The maximum atomic E-state index is 13.4. The molecule has 1 aromatic rings. The maximum Gasteiger partial charge on any atom is 0.308 e. The summed E-state index contributed by atoms with van der Waals surface area (Å²) in [7, 11) is 0. The van der Waals surface area contributed by atoms with Gasteiger partial charge in [0, 0.05) is 6.54 Å². The van der Waals surface area contributed by atoms with Gasteiger partial charge >= 0.3 is 5.97 Å².